The van der Waals surface area contributed by atoms with Crippen LogP contribution >= 0.6 is 0 Å². The molecule has 2 aromatic carbocycles. The van der Waals surface area contributed by atoms with Crippen molar-refractivity contribution in [2.45, 2.75) is 13.0 Å². The van der Waals surface area contributed by atoms with Crippen LogP contribution in [0.3, 0.4) is 0 Å². The Morgan fingerprint density at radius 3 is 2.61 bits per heavy atom. The number of ether oxygens (including phenoxy) is 1. The fourth-order valence-electron chi connectivity index (χ4n) is 4.86. The number of nitrogens with zero attached hydrogens (tertiary/aromatic N) is 3. The van der Waals surface area contributed by atoms with Gasteiger partial charge in [-0.3, -0.25) is 14.6 Å². The lowest BCUT2D eigenvalue weighted by Gasteiger charge is -2.35. The van der Waals surface area contributed by atoms with Crippen molar-refractivity contribution in [3.05, 3.63) is 71.4 Å². The number of methoxy groups -OCH3 is 1. The highest BCUT2D eigenvalue weighted by Gasteiger charge is 2.26. The van der Waals surface area contributed by atoms with E-state index in [0.29, 0.717) is 13.1 Å². The largest absolute Gasteiger partial charge is 0.497 e. The molecule has 6 nitrogen and oxygen atoms in total. The maximum absolute atomic E-state index is 13.1. The van der Waals surface area contributed by atoms with Crippen molar-refractivity contribution >= 4 is 22.9 Å². The molecule has 0 bridgehead atoms. The van der Waals surface area contributed by atoms with Gasteiger partial charge in [-0.15, -0.1) is 0 Å². The molecule has 2 aliphatic rings. The number of piperazine rings is 1. The highest BCUT2D eigenvalue weighted by Crippen LogP contribution is 2.30. The number of benzene rings is 2. The standard InChI is InChI=1S/C27H32N4O2/c1-33-22-9-10-25-23(18-22)24-19-31(13-11-26(24)28-25)27(32)20-30-16-14-29(15-17-30)12-5-8-21-6-3-2-4-7-21/h2-10,18,28H,11-17,19-20H2,1H3/b8-5+. The van der Waals surface area contributed by atoms with E-state index in [0.717, 1.165) is 57.0 Å². The van der Waals surface area contributed by atoms with Crippen molar-refractivity contribution in [3.8, 4) is 5.75 Å². The summed E-state index contributed by atoms with van der Waals surface area (Å²) in [6.45, 7) is 6.79. The van der Waals surface area contributed by atoms with Gasteiger partial charge in [-0.1, -0.05) is 42.5 Å². The first kappa shape index (κ1) is 21.7. The molecule has 0 saturated carbocycles. The minimum Gasteiger partial charge on any atom is -0.497 e. The van der Waals surface area contributed by atoms with Crippen LogP contribution in [0.1, 0.15) is 16.8 Å². The molecule has 1 amide bonds. The number of hydrogen-bond acceptors (Lipinski definition) is 4. The second kappa shape index (κ2) is 9.81. The first-order valence-electron chi connectivity index (χ1n) is 11.8. The van der Waals surface area contributed by atoms with Crippen LogP contribution in [0, 0.1) is 0 Å². The van der Waals surface area contributed by atoms with E-state index >= 15 is 0 Å². The van der Waals surface area contributed by atoms with Gasteiger partial charge in [0, 0.05) is 74.4 Å². The maximum atomic E-state index is 13.1. The van der Waals surface area contributed by atoms with Gasteiger partial charge in [0.2, 0.25) is 5.91 Å². The average Bonchev–Trinajstić information content (AvgIpc) is 3.23. The van der Waals surface area contributed by atoms with E-state index in [2.05, 4.69) is 63.3 Å². The third-order valence-corrected chi connectivity index (χ3v) is 6.83. The van der Waals surface area contributed by atoms with E-state index in [-0.39, 0.29) is 5.91 Å². The van der Waals surface area contributed by atoms with E-state index in [9.17, 15) is 4.79 Å². The number of aromatic nitrogens is 1. The van der Waals surface area contributed by atoms with Crippen LogP contribution in [0.15, 0.2) is 54.6 Å². The highest BCUT2D eigenvalue weighted by atomic mass is 16.5. The molecule has 1 saturated heterocycles. The molecule has 1 aromatic heterocycles. The summed E-state index contributed by atoms with van der Waals surface area (Å²) in [5.74, 6) is 1.08. The molecule has 3 aromatic rings. The third kappa shape index (κ3) is 4.97. The molecule has 0 unspecified atom stereocenters. The van der Waals surface area contributed by atoms with Crippen molar-refractivity contribution in [1.82, 2.24) is 19.7 Å². The number of carbonyl (C=O) groups is 1. The minimum absolute atomic E-state index is 0.232. The second-order valence-electron chi connectivity index (χ2n) is 8.95. The lowest BCUT2D eigenvalue weighted by molar-refractivity contribution is -0.133. The van der Waals surface area contributed by atoms with E-state index in [1.165, 1.54) is 22.2 Å². The summed E-state index contributed by atoms with van der Waals surface area (Å²) in [7, 11) is 1.69. The normalized spacial score (nSPS) is 17.5. The fourth-order valence-corrected chi connectivity index (χ4v) is 4.86. The number of carbonyl (C=O) groups excluding carboxylic acids is 1. The SMILES string of the molecule is COc1ccc2[nH]c3c(c2c1)CN(C(=O)CN1CCN(C/C=C/c2ccccc2)CC1)CC3. The summed E-state index contributed by atoms with van der Waals surface area (Å²) in [6, 6.07) is 16.5. The number of aromatic amines is 1. The molecule has 172 valence electrons. The number of amides is 1. The maximum Gasteiger partial charge on any atom is 0.237 e. The zero-order chi connectivity index (χ0) is 22.6. The van der Waals surface area contributed by atoms with E-state index in [1.807, 2.05) is 17.0 Å². The Morgan fingerprint density at radius 2 is 1.82 bits per heavy atom. The van der Waals surface area contributed by atoms with Crippen LogP contribution in [0.25, 0.3) is 17.0 Å². The molecule has 2 aliphatic heterocycles. The molecule has 3 heterocycles. The Balaban J connectivity index is 1.13. The second-order valence-corrected chi connectivity index (χ2v) is 8.95. The molecule has 1 N–H and O–H groups in total. The van der Waals surface area contributed by atoms with Gasteiger partial charge >= 0.3 is 0 Å². The number of fused-ring (bicyclic) bond motifs is 3. The lowest BCUT2D eigenvalue weighted by Crippen LogP contribution is -2.50. The Labute approximate surface area is 195 Å². The predicted octanol–water partition coefficient (Wildman–Crippen LogP) is 3.39. The quantitative estimate of drug-likeness (QED) is 0.633. The average molecular weight is 445 g/mol. The smallest absolute Gasteiger partial charge is 0.237 e. The zero-order valence-electron chi connectivity index (χ0n) is 19.3. The van der Waals surface area contributed by atoms with Gasteiger partial charge in [0.15, 0.2) is 0 Å². The van der Waals surface area contributed by atoms with Crippen LogP contribution < -0.4 is 4.74 Å². The van der Waals surface area contributed by atoms with Crippen molar-refractivity contribution in [2.24, 2.45) is 0 Å². The molecule has 0 spiro atoms. The van der Waals surface area contributed by atoms with Gasteiger partial charge in [0.25, 0.3) is 0 Å². The molecular weight excluding hydrogens is 412 g/mol. The first-order valence-corrected chi connectivity index (χ1v) is 11.8. The van der Waals surface area contributed by atoms with Crippen LogP contribution in [0.5, 0.6) is 5.75 Å². The van der Waals surface area contributed by atoms with Gasteiger partial charge in [-0.2, -0.15) is 0 Å². The van der Waals surface area contributed by atoms with E-state index in [4.69, 9.17) is 4.74 Å². The van der Waals surface area contributed by atoms with Gasteiger partial charge in [0.1, 0.15) is 5.75 Å². The number of nitrogens with one attached hydrogen (secondary N) is 1. The number of hydrogen-bond donors (Lipinski definition) is 1. The van der Waals surface area contributed by atoms with Crippen LogP contribution in [0.2, 0.25) is 0 Å². The lowest BCUT2D eigenvalue weighted by atomic mass is 10.0. The molecular formula is C27H32N4O2. The van der Waals surface area contributed by atoms with Crippen molar-refractivity contribution in [1.29, 1.82) is 0 Å². The van der Waals surface area contributed by atoms with Crippen LogP contribution in [0.4, 0.5) is 0 Å². The molecule has 0 aliphatic carbocycles. The minimum atomic E-state index is 0.232. The topological polar surface area (TPSA) is 51.8 Å². The summed E-state index contributed by atoms with van der Waals surface area (Å²) in [4.78, 5) is 23.4. The molecule has 0 atom stereocenters. The van der Waals surface area contributed by atoms with Gasteiger partial charge in [0.05, 0.1) is 13.7 Å². The van der Waals surface area contributed by atoms with E-state index in [1.54, 1.807) is 7.11 Å². The number of H-pyrrole nitrogens is 1. The zero-order valence-corrected chi connectivity index (χ0v) is 19.3. The summed E-state index contributed by atoms with van der Waals surface area (Å²) in [6.07, 6.45) is 5.29. The van der Waals surface area contributed by atoms with Gasteiger partial charge in [-0.25, -0.2) is 0 Å². The summed E-state index contributed by atoms with van der Waals surface area (Å²) in [5.41, 5.74) is 4.84. The molecule has 0 radical (unpaired) electrons. The van der Waals surface area contributed by atoms with Gasteiger partial charge in [-0.05, 0) is 23.8 Å². The van der Waals surface area contributed by atoms with Crippen molar-refractivity contribution in [3.63, 3.8) is 0 Å². The van der Waals surface area contributed by atoms with Crippen molar-refractivity contribution < 1.29 is 9.53 Å². The Morgan fingerprint density at radius 1 is 1.03 bits per heavy atom. The molecule has 33 heavy (non-hydrogen) atoms. The fraction of sp³-hybridized carbons (Fsp3) is 0.370. The number of rotatable bonds is 6. The summed E-state index contributed by atoms with van der Waals surface area (Å²) >= 11 is 0. The van der Waals surface area contributed by atoms with Crippen LogP contribution in [-0.2, 0) is 17.8 Å². The molecule has 1 fully saturated rings. The van der Waals surface area contributed by atoms with Gasteiger partial charge < -0.3 is 14.6 Å². The van der Waals surface area contributed by atoms with E-state index < -0.39 is 0 Å². The molecule has 5 rings (SSSR count). The first-order chi connectivity index (χ1) is 16.2. The highest BCUT2D eigenvalue weighted by molar-refractivity contribution is 5.87. The molecule has 6 heteroatoms. The Bertz CT molecular complexity index is 1130. The Hall–Kier alpha value is -3.09. The third-order valence-electron chi connectivity index (χ3n) is 6.83. The summed E-state index contributed by atoms with van der Waals surface area (Å²) < 4.78 is 5.40. The summed E-state index contributed by atoms with van der Waals surface area (Å²) in [5, 5.41) is 1.17. The predicted molar refractivity (Wildman–Crippen MR) is 132 cm³/mol. The van der Waals surface area contributed by atoms with Crippen LogP contribution in [-0.4, -0.2) is 78.5 Å². The monoisotopic (exact) mass is 444 g/mol. The Kier molecular flexibility index (Phi) is 6.46. The van der Waals surface area contributed by atoms with Crippen molar-refractivity contribution in [2.75, 3.05) is 52.9 Å².